The van der Waals surface area contributed by atoms with Gasteiger partial charge in [0.25, 0.3) is 0 Å². The zero-order valence-electron chi connectivity index (χ0n) is 23.0. The second kappa shape index (κ2) is 12.6. The quantitative estimate of drug-likeness (QED) is 0.178. The molecule has 0 radical (unpaired) electrons. The van der Waals surface area contributed by atoms with Crippen LogP contribution in [0.25, 0.3) is 21.9 Å². The normalized spacial score (nSPS) is 15.5. The lowest BCUT2D eigenvalue weighted by atomic mass is 9.87. The minimum atomic E-state index is -3.79. The number of carbonyl (C=O) groups excluding carboxylic acids is 1. The van der Waals surface area contributed by atoms with Gasteiger partial charge < -0.3 is 19.3 Å². The van der Waals surface area contributed by atoms with E-state index in [2.05, 4.69) is 5.32 Å². The molecule has 1 heterocycles. The number of benzene rings is 4. The summed E-state index contributed by atoms with van der Waals surface area (Å²) in [6, 6.07) is 17.0. The lowest BCUT2D eigenvalue weighted by Crippen LogP contribution is -2.35. The number of hydrogen-bond acceptors (Lipinski definition) is 7. The number of carbonyl (C=O) groups is 1. The van der Waals surface area contributed by atoms with E-state index in [9.17, 15) is 27.1 Å². The lowest BCUT2D eigenvalue weighted by Gasteiger charge is -2.23. The summed E-state index contributed by atoms with van der Waals surface area (Å²) in [6.07, 6.45) is 5.34. The molecule has 4 aromatic carbocycles. The molecule has 0 amide bonds. The average molecular weight is 596 g/mol. The first kappa shape index (κ1) is 29.6. The third kappa shape index (κ3) is 6.61. The maximum Gasteiger partial charge on any atom is 0.306 e. The molecule has 0 aliphatic carbocycles. The van der Waals surface area contributed by atoms with Gasteiger partial charge in [0, 0.05) is 22.7 Å². The number of aliphatic hydroxyl groups is 1. The molecule has 1 aliphatic heterocycles. The van der Waals surface area contributed by atoms with Crippen LogP contribution in [-0.2, 0) is 16.7 Å². The van der Waals surface area contributed by atoms with Crippen LogP contribution in [0.15, 0.2) is 66.7 Å². The van der Waals surface area contributed by atoms with E-state index < -0.39 is 34.1 Å². The van der Waals surface area contributed by atoms with Crippen molar-refractivity contribution in [3.8, 4) is 22.6 Å². The summed E-state index contributed by atoms with van der Waals surface area (Å²) in [4.78, 5) is 14.0. The highest BCUT2D eigenvalue weighted by molar-refractivity contribution is 7.86. The van der Waals surface area contributed by atoms with Gasteiger partial charge >= 0.3 is 10.1 Å². The minimum Gasteiger partial charge on any atom is -0.494 e. The summed E-state index contributed by atoms with van der Waals surface area (Å²) >= 11 is 0. The largest absolute Gasteiger partial charge is 0.494 e. The number of aliphatic hydroxyl groups excluding tert-OH is 1. The van der Waals surface area contributed by atoms with Crippen LogP contribution < -0.4 is 14.2 Å². The minimum absolute atomic E-state index is 0.0601. The SMILES string of the molecule is CS(=O)(=O)Oc1ccc2c(C(=O)c3ccc(OCCC4CCCCN4)cc3)c(-c3ccc(F)c(F)c3CO)ccc2c1. The van der Waals surface area contributed by atoms with E-state index >= 15 is 0 Å². The summed E-state index contributed by atoms with van der Waals surface area (Å²) in [7, 11) is -3.79. The Balaban J connectivity index is 1.52. The zero-order valence-corrected chi connectivity index (χ0v) is 23.8. The Morgan fingerprint density at radius 1 is 0.976 bits per heavy atom. The van der Waals surface area contributed by atoms with Crippen molar-refractivity contribution >= 4 is 26.7 Å². The molecule has 4 aromatic rings. The van der Waals surface area contributed by atoms with E-state index in [-0.39, 0.29) is 28.0 Å². The highest BCUT2D eigenvalue weighted by Gasteiger charge is 2.23. The van der Waals surface area contributed by atoms with Crippen LogP contribution in [-0.4, -0.2) is 44.8 Å². The Hall–Kier alpha value is -3.86. The fraction of sp³-hybridized carbons (Fsp3) is 0.281. The van der Waals surface area contributed by atoms with Crippen molar-refractivity contribution in [2.75, 3.05) is 19.4 Å². The van der Waals surface area contributed by atoms with Crippen molar-refractivity contribution in [2.24, 2.45) is 0 Å². The van der Waals surface area contributed by atoms with E-state index in [4.69, 9.17) is 8.92 Å². The summed E-state index contributed by atoms with van der Waals surface area (Å²) in [5.41, 5.74) is 0.671. The topological polar surface area (TPSA) is 102 Å². The number of hydrogen-bond donors (Lipinski definition) is 2. The van der Waals surface area contributed by atoms with Crippen LogP contribution in [0, 0.1) is 11.6 Å². The molecule has 2 N–H and O–H groups in total. The first-order chi connectivity index (χ1) is 20.1. The van der Waals surface area contributed by atoms with Gasteiger partial charge in [0.05, 0.1) is 19.5 Å². The van der Waals surface area contributed by atoms with Crippen molar-refractivity contribution in [1.82, 2.24) is 5.32 Å². The fourth-order valence-corrected chi connectivity index (χ4v) is 5.79. The van der Waals surface area contributed by atoms with Gasteiger partial charge in [-0.25, -0.2) is 8.78 Å². The van der Waals surface area contributed by atoms with Crippen LogP contribution in [0.4, 0.5) is 8.78 Å². The molecule has 10 heteroatoms. The van der Waals surface area contributed by atoms with E-state index in [0.717, 1.165) is 31.7 Å². The first-order valence-electron chi connectivity index (χ1n) is 13.7. The third-order valence-corrected chi connectivity index (χ3v) is 7.87. The summed E-state index contributed by atoms with van der Waals surface area (Å²) < 4.78 is 62.9. The van der Waals surface area contributed by atoms with E-state index in [1.165, 1.54) is 31.0 Å². The standard InChI is InChI=1S/C32H31F2NO6S/c1-42(38,39)41-24-10-12-25-21(18-24)7-11-27(26-13-14-29(33)31(34)28(26)19-36)30(25)32(37)20-5-8-23(9-6-20)40-17-15-22-4-2-3-16-35-22/h5-14,18,22,35-36H,2-4,15-17,19H2,1H3. The second-order valence-corrected chi connectivity index (χ2v) is 11.9. The van der Waals surface area contributed by atoms with Gasteiger partial charge in [-0.15, -0.1) is 0 Å². The van der Waals surface area contributed by atoms with Gasteiger partial charge in [-0.3, -0.25) is 4.79 Å². The number of piperidine rings is 1. The van der Waals surface area contributed by atoms with Crippen molar-refractivity contribution in [3.05, 3.63) is 95.1 Å². The number of ketones is 1. The van der Waals surface area contributed by atoms with E-state index in [1.54, 1.807) is 42.5 Å². The van der Waals surface area contributed by atoms with Crippen molar-refractivity contribution in [2.45, 2.75) is 38.3 Å². The highest BCUT2D eigenvalue weighted by Crippen LogP contribution is 2.37. The molecule has 1 aliphatic rings. The predicted molar refractivity (Wildman–Crippen MR) is 156 cm³/mol. The summed E-state index contributed by atoms with van der Waals surface area (Å²) in [6.45, 7) is 0.776. The fourth-order valence-electron chi connectivity index (χ4n) is 5.34. The Morgan fingerprint density at radius 3 is 2.40 bits per heavy atom. The number of ether oxygens (including phenoxy) is 1. The molecular weight excluding hydrogens is 564 g/mol. The molecular formula is C32H31F2NO6S. The maximum absolute atomic E-state index is 14.7. The molecule has 1 saturated heterocycles. The number of fused-ring (bicyclic) bond motifs is 1. The zero-order chi connectivity index (χ0) is 29.9. The Labute approximate surface area is 243 Å². The van der Waals surface area contributed by atoms with Gasteiger partial charge in [-0.2, -0.15) is 8.42 Å². The smallest absolute Gasteiger partial charge is 0.306 e. The molecule has 1 fully saturated rings. The molecule has 1 unspecified atom stereocenters. The molecule has 42 heavy (non-hydrogen) atoms. The monoisotopic (exact) mass is 595 g/mol. The van der Waals surface area contributed by atoms with Gasteiger partial charge in [-0.05, 0) is 96.2 Å². The molecule has 1 atom stereocenters. The van der Waals surface area contributed by atoms with Crippen LogP contribution in [0.3, 0.4) is 0 Å². The van der Waals surface area contributed by atoms with Crippen molar-refractivity contribution in [1.29, 1.82) is 0 Å². The molecule has 0 bridgehead atoms. The van der Waals surface area contributed by atoms with Crippen molar-refractivity contribution in [3.63, 3.8) is 0 Å². The van der Waals surface area contributed by atoms with Crippen LogP contribution in [0.2, 0.25) is 0 Å². The molecule has 5 rings (SSSR count). The number of nitrogens with one attached hydrogen (secondary N) is 1. The van der Waals surface area contributed by atoms with Gasteiger partial charge in [0.2, 0.25) is 0 Å². The number of rotatable bonds is 10. The Morgan fingerprint density at radius 2 is 1.71 bits per heavy atom. The Bertz CT molecular complexity index is 1720. The predicted octanol–water partition coefficient (Wildman–Crippen LogP) is 5.76. The van der Waals surface area contributed by atoms with Crippen molar-refractivity contribution < 1.29 is 36.0 Å². The van der Waals surface area contributed by atoms with Crippen LogP contribution in [0.1, 0.15) is 47.2 Å². The third-order valence-electron chi connectivity index (χ3n) is 7.37. The van der Waals surface area contributed by atoms with E-state index in [0.29, 0.717) is 34.7 Å². The van der Waals surface area contributed by atoms with Crippen LogP contribution in [0.5, 0.6) is 11.5 Å². The van der Waals surface area contributed by atoms with E-state index in [1.807, 2.05) is 0 Å². The van der Waals surface area contributed by atoms with Gasteiger partial charge in [0.15, 0.2) is 17.4 Å². The Kier molecular flexibility index (Phi) is 8.86. The molecule has 220 valence electrons. The molecule has 0 aromatic heterocycles. The average Bonchev–Trinajstić information content (AvgIpc) is 2.97. The number of halogens is 2. The van der Waals surface area contributed by atoms with Gasteiger partial charge in [0.1, 0.15) is 11.5 Å². The molecule has 7 nitrogen and oxygen atoms in total. The first-order valence-corrected chi connectivity index (χ1v) is 15.5. The summed E-state index contributed by atoms with van der Waals surface area (Å²) in [5.74, 6) is -2.04. The highest BCUT2D eigenvalue weighted by atomic mass is 32.2. The lowest BCUT2D eigenvalue weighted by molar-refractivity contribution is 0.104. The van der Waals surface area contributed by atoms with Crippen LogP contribution >= 0.6 is 0 Å². The molecule has 0 spiro atoms. The second-order valence-electron chi connectivity index (χ2n) is 10.3. The summed E-state index contributed by atoms with van der Waals surface area (Å²) in [5, 5.41) is 14.3. The molecule has 0 saturated carbocycles. The maximum atomic E-state index is 14.7. The van der Waals surface area contributed by atoms with Gasteiger partial charge in [-0.1, -0.05) is 24.6 Å².